The fraction of sp³-hybridized carbons (Fsp3) is 0.333. The molecule has 0 radical (unpaired) electrons. The molecule has 0 aliphatic heterocycles. The molecular formula is C15H17N3OS. The Kier molecular flexibility index (Phi) is 3.44. The topological polar surface area (TPSA) is 39.4 Å². The van der Waals surface area contributed by atoms with Gasteiger partial charge < -0.3 is 4.74 Å². The smallest absolute Gasteiger partial charge is 0.212 e. The van der Waals surface area contributed by atoms with Gasteiger partial charge in [0.15, 0.2) is 0 Å². The summed E-state index contributed by atoms with van der Waals surface area (Å²) >= 11 is 1.65. The van der Waals surface area contributed by atoms with E-state index in [1.165, 1.54) is 0 Å². The number of para-hydroxylation sites is 1. The number of fused-ring (bicyclic) bond motifs is 1. The van der Waals surface area contributed by atoms with Crippen molar-refractivity contribution in [1.82, 2.24) is 14.6 Å². The van der Waals surface area contributed by atoms with Crippen LogP contribution in [0.1, 0.15) is 18.9 Å². The summed E-state index contributed by atoms with van der Waals surface area (Å²) in [6.07, 6.45) is 2.96. The highest BCUT2D eigenvalue weighted by atomic mass is 32.1. The summed E-state index contributed by atoms with van der Waals surface area (Å²) in [6, 6.07) is 7.91. The molecule has 3 aromatic rings. The second-order valence-electron chi connectivity index (χ2n) is 5.15. The first-order valence-corrected chi connectivity index (χ1v) is 7.47. The Balaban J connectivity index is 1.99. The average Bonchev–Trinajstić information content (AvgIpc) is 2.95. The van der Waals surface area contributed by atoms with E-state index in [0.29, 0.717) is 5.92 Å². The Hall–Kier alpha value is -1.88. The van der Waals surface area contributed by atoms with Gasteiger partial charge in [0.25, 0.3) is 0 Å². The van der Waals surface area contributed by atoms with Crippen molar-refractivity contribution in [2.45, 2.75) is 20.3 Å². The number of hydrogen-bond donors (Lipinski definition) is 0. The molecule has 3 rings (SSSR count). The molecule has 0 spiro atoms. The maximum Gasteiger partial charge on any atom is 0.212 e. The Labute approximate surface area is 122 Å². The van der Waals surface area contributed by atoms with Crippen molar-refractivity contribution in [2.75, 3.05) is 7.11 Å². The first-order valence-electron chi connectivity index (χ1n) is 6.66. The molecule has 0 aliphatic carbocycles. The summed E-state index contributed by atoms with van der Waals surface area (Å²) in [6.45, 7) is 4.40. The zero-order valence-corrected chi connectivity index (χ0v) is 12.6. The van der Waals surface area contributed by atoms with E-state index in [9.17, 15) is 0 Å². The molecule has 0 unspecified atom stereocenters. The van der Waals surface area contributed by atoms with Gasteiger partial charge in [0, 0.05) is 12.0 Å². The van der Waals surface area contributed by atoms with Gasteiger partial charge in [-0.05, 0) is 18.1 Å². The van der Waals surface area contributed by atoms with Crippen LogP contribution < -0.4 is 4.74 Å². The zero-order chi connectivity index (χ0) is 14.1. The van der Waals surface area contributed by atoms with Gasteiger partial charge >= 0.3 is 0 Å². The molecular weight excluding hydrogens is 270 g/mol. The molecule has 0 bridgehead atoms. The van der Waals surface area contributed by atoms with Crippen LogP contribution in [0.15, 0.2) is 30.5 Å². The molecule has 1 aromatic carbocycles. The minimum atomic E-state index is 0.611. The summed E-state index contributed by atoms with van der Waals surface area (Å²) in [7, 11) is 1.68. The fourth-order valence-electron chi connectivity index (χ4n) is 2.16. The predicted molar refractivity (Wildman–Crippen MR) is 81.4 cm³/mol. The summed E-state index contributed by atoms with van der Waals surface area (Å²) in [4.78, 5) is 5.59. The molecule has 2 heterocycles. The first-order chi connectivity index (χ1) is 9.67. The minimum absolute atomic E-state index is 0.611. The van der Waals surface area contributed by atoms with Crippen LogP contribution in [-0.2, 0) is 6.42 Å². The van der Waals surface area contributed by atoms with Gasteiger partial charge in [-0.25, -0.2) is 9.50 Å². The molecule has 0 aliphatic rings. The number of rotatable bonds is 4. The van der Waals surface area contributed by atoms with Gasteiger partial charge in [0.05, 0.1) is 19.0 Å². The van der Waals surface area contributed by atoms with E-state index < -0.39 is 0 Å². The van der Waals surface area contributed by atoms with E-state index in [1.807, 2.05) is 35.0 Å². The molecule has 4 nitrogen and oxygen atoms in total. The van der Waals surface area contributed by atoms with Crippen LogP contribution in [0, 0.1) is 5.92 Å². The number of aromatic nitrogens is 3. The predicted octanol–water partition coefficient (Wildman–Crippen LogP) is 3.66. The summed E-state index contributed by atoms with van der Waals surface area (Å²) in [5, 5.41) is 5.72. The monoisotopic (exact) mass is 287 g/mol. The fourth-order valence-corrected chi connectivity index (χ4v) is 3.25. The van der Waals surface area contributed by atoms with Crippen molar-refractivity contribution in [3.8, 4) is 17.0 Å². The van der Waals surface area contributed by atoms with E-state index in [4.69, 9.17) is 4.74 Å². The highest BCUT2D eigenvalue weighted by Crippen LogP contribution is 2.30. The Morgan fingerprint density at radius 1 is 1.30 bits per heavy atom. The van der Waals surface area contributed by atoms with Gasteiger partial charge in [-0.3, -0.25) is 0 Å². The Morgan fingerprint density at radius 3 is 2.80 bits per heavy atom. The Bertz CT molecular complexity index is 698. The molecule has 0 saturated heterocycles. The highest BCUT2D eigenvalue weighted by molar-refractivity contribution is 7.16. The van der Waals surface area contributed by atoms with Gasteiger partial charge in [-0.1, -0.05) is 37.3 Å². The van der Waals surface area contributed by atoms with Crippen molar-refractivity contribution >= 4 is 16.3 Å². The van der Waals surface area contributed by atoms with Crippen LogP contribution >= 0.6 is 11.3 Å². The SMILES string of the molecule is COc1ccccc1-c1cn2nc(CC(C)C)sc2n1. The van der Waals surface area contributed by atoms with Crippen LogP contribution in [0.2, 0.25) is 0 Å². The van der Waals surface area contributed by atoms with E-state index in [0.717, 1.165) is 33.4 Å². The lowest BCUT2D eigenvalue weighted by atomic mass is 10.1. The molecule has 5 heteroatoms. The van der Waals surface area contributed by atoms with Crippen LogP contribution in [-0.4, -0.2) is 21.7 Å². The number of hydrogen-bond acceptors (Lipinski definition) is 4. The van der Waals surface area contributed by atoms with Crippen molar-refractivity contribution in [2.24, 2.45) is 5.92 Å². The maximum atomic E-state index is 5.38. The summed E-state index contributed by atoms with van der Waals surface area (Å²) in [5.41, 5.74) is 1.90. The van der Waals surface area contributed by atoms with Crippen molar-refractivity contribution < 1.29 is 4.74 Å². The average molecular weight is 287 g/mol. The molecule has 0 saturated carbocycles. The normalized spacial score (nSPS) is 11.4. The van der Waals surface area contributed by atoms with E-state index >= 15 is 0 Å². The highest BCUT2D eigenvalue weighted by Gasteiger charge is 2.13. The lowest BCUT2D eigenvalue weighted by Gasteiger charge is -2.04. The standard InChI is InChI=1S/C15H17N3OS/c1-10(2)8-14-17-18-9-12(16-15(18)20-14)11-6-4-5-7-13(11)19-3/h4-7,9-10H,8H2,1-3H3. The van der Waals surface area contributed by atoms with E-state index in [-0.39, 0.29) is 0 Å². The number of methoxy groups -OCH3 is 1. The molecule has 0 atom stereocenters. The quantitative estimate of drug-likeness (QED) is 0.735. The van der Waals surface area contributed by atoms with E-state index in [1.54, 1.807) is 18.4 Å². The lowest BCUT2D eigenvalue weighted by molar-refractivity contribution is 0.416. The van der Waals surface area contributed by atoms with Crippen molar-refractivity contribution in [3.05, 3.63) is 35.5 Å². The molecule has 104 valence electrons. The van der Waals surface area contributed by atoms with Crippen molar-refractivity contribution in [3.63, 3.8) is 0 Å². The number of nitrogens with zero attached hydrogens (tertiary/aromatic N) is 3. The third kappa shape index (κ3) is 2.41. The molecule has 0 amide bonds. The Morgan fingerprint density at radius 2 is 2.10 bits per heavy atom. The zero-order valence-electron chi connectivity index (χ0n) is 11.8. The summed E-state index contributed by atoms with van der Waals surface area (Å²) in [5.74, 6) is 1.44. The van der Waals surface area contributed by atoms with Gasteiger partial charge in [0.1, 0.15) is 10.8 Å². The molecule has 0 fully saturated rings. The summed E-state index contributed by atoms with van der Waals surface area (Å²) < 4.78 is 7.25. The maximum absolute atomic E-state index is 5.38. The number of ether oxygens (including phenoxy) is 1. The lowest BCUT2D eigenvalue weighted by Crippen LogP contribution is -1.94. The van der Waals surface area contributed by atoms with Gasteiger partial charge in [-0.15, -0.1) is 0 Å². The van der Waals surface area contributed by atoms with Crippen LogP contribution in [0.4, 0.5) is 0 Å². The number of benzene rings is 1. The van der Waals surface area contributed by atoms with Gasteiger partial charge in [-0.2, -0.15) is 5.10 Å². The minimum Gasteiger partial charge on any atom is -0.496 e. The molecule has 0 N–H and O–H groups in total. The van der Waals surface area contributed by atoms with E-state index in [2.05, 4.69) is 23.9 Å². The molecule has 20 heavy (non-hydrogen) atoms. The molecule has 2 aromatic heterocycles. The van der Waals surface area contributed by atoms with Gasteiger partial charge in [0.2, 0.25) is 4.96 Å². The third-order valence-corrected chi connectivity index (χ3v) is 4.00. The largest absolute Gasteiger partial charge is 0.496 e. The third-order valence-electron chi connectivity index (χ3n) is 3.05. The number of imidazole rings is 1. The van der Waals surface area contributed by atoms with Crippen LogP contribution in [0.25, 0.3) is 16.2 Å². The first kappa shape index (κ1) is 13.1. The van der Waals surface area contributed by atoms with Crippen molar-refractivity contribution in [1.29, 1.82) is 0 Å². The van der Waals surface area contributed by atoms with Crippen LogP contribution in [0.3, 0.4) is 0 Å². The second kappa shape index (κ2) is 5.25. The second-order valence-corrected chi connectivity index (χ2v) is 6.19. The van der Waals surface area contributed by atoms with Crippen LogP contribution in [0.5, 0.6) is 5.75 Å².